The molecule has 0 saturated carbocycles. The fourth-order valence-corrected chi connectivity index (χ4v) is 2.31. The molecule has 1 aliphatic heterocycles. The molecule has 21 heavy (non-hydrogen) atoms. The second-order valence-electron chi connectivity index (χ2n) is 5.27. The number of hydrogen-bond donors (Lipinski definition) is 2. The van der Waals surface area contributed by atoms with Crippen LogP contribution in [0, 0.1) is 22.7 Å². The van der Waals surface area contributed by atoms with Crippen LogP contribution in [-0.2, 0) is 0 Å². The fourth-order valence-electron chi connectivity index (χ4n) is 2.31. The Bertz CT molecular complexity index is 605. The number of piperidine rings is 1. The summed E-state index contributed by atoms with van der Waals surface area (Å²) in [5, 5.41) is 23.6. The average Bonchev–Trinajstić information content (AvgIpc) is 2.50. The predicted octanol–water partition coefficient (Wildman–Crippen LogP) is 1.67. The first kappa shape index (κ1) is 14.8. The number of benzene rings is 1. The van der Waals surface area contributed by atoms with Gasteiger partial charge in [0.2, 0.25) is 0 Å². The molecule has 1 aromatic carbocycles. The second kappa shape index (κ2) is 6.25. The van der Waals surface area contributed by atoms with Crippen molar-refractivity contribution in [3.05, 3.63) is 29.8 Å². The zero-order valence-electron chi connectivity index (χ0n) is 11.9. The van der Waals surface area contributed by atoms with Crippen molar-refractivity contribution < 1.29 is 4.79 Å². The maximum atomic E-state index is 12.1. The van der Waals surface area contributed by atoms with E-state index in [9.17, 15) is 10.1 Å². The van der Waals surface area contributed by atoms with Crippen molar-refractivity contribution in [2.45, 2.75) is 18.4 Å². The summed E-state index contributed by atoms with van der Waals surface area (Å²) in [5.74, 6) is 0. The first-order chi connectivity index (χ1) is 10.1. The van der Waals surface area contributed by atoms with Crippen LogP contribution in [0.15, 0.2) is 24.3 Å². The number of carbonyl (C=O) groups is 1. The molecule has 2 rings (SSSR count). The van der Waals surface area contributed by atoms with Crippen LogP contribution in [-0.4, -0.2) is 36.6 Å². The van der Waals surface area contributed by atoms with Crippen molar-refractivity contribution in [3.63, 3.8) is 0 Å². The lowest BCUT2D eigenvalue weighted by Crippen LogP contribution is -2.54. The van der Waals surface area contributed by atoms with Gasteiger partial charge in [0.05, 0.1) is 17.7 Å². The molecule has 1 saturated heterocycles. The summed E-state index contributed by atoms with van der Waals surface area (Å²) in [6.07, 6.45) is 1.21. The topological polar surface area (TPSA) is 91.9 Å². The molecule has 2 N–H and O–H groups in total. The summed E-state index contributed by atoms with van der Waals surface area (Å²) in [5.41, 5.74) is 0.193. The maximum absolute atomic E-state index is 12.1. The number of anilines is 1. The highest BCUT2D eigenvalue weighted by Crippen LogP contribution is 2.21. The van der Waals surface area contributed by atoms with Gasteiger partial charge in [-0.3, -0.25) is 0 Å². The van der Waals surface area contributed by atoms with Gasteiger partial charge in [0.25, 0.3) is 0 Å². The molecule has 1 heterocycles. The maximum Gasteiger partial charge on any atom is 0.320 e. The van der Waals surface area contributed by atoms with Crippen LogP contribution in [0.5, 0.6) is 0 Å². The van der Waals surface area contributed by atoms with Gasteiger partial charge in [0.15, 0.2) is 0 Å². The molecule has 0 atom stereocenters. The van der Waals surface area contributed by atoms with E-state index in [-0.39, 0.29) is 0 Å². The lowest BCUT2D eigenvalue weighted by Gasteiger charge is -2.35. The normalized spacial score (nSPS) is 17.3. The summed E-state index contributed by atoms with van der Waals surface area (Å²) >= 11 is 0. The number of amides is 2. The van der Waals surface area contributed by atoms with Crippen LogP contribution >= 0.6 is 0 Å². The van der Waals surface area contributed by atoms with E-state index in [4.69, 9.17) is 5.26 Å². The van der Waals surface area contributed by atoms with Crippen LogP contribution in [0.25, 0.3) is 0 Å². The smallest absolute Gasteiger partial charge is 0.319 e. The van der Waals surface area contributed by atoms with Gasteiger partial charge in [-0.05, 0) is 38.1 Å². The zero-order chi connectivity index (χ0) is 15.3. The number of nitriles is 2. The summed E-state index contributed by atoms with van der Waals surface area (Å²) in [7, 11) is 1.99. The summed E-state index contributed by atoms with van der Waals surface area (Å²) in [6, 6.07) is 10.5. The number of carbonyl (C=O) groups excluding carboxylic acids is 1. The Labute approximate surface area is 124 Å². The van der Waals surface area contributed by atoms with Crippen molar-refractivity contribution in [2.75, 3.05) is 25.5 Å². The van der Waals surface area contributed by atoms with Crippen LogP contribution in [0.2, 0.25) is 0 Å². The minimum Gasteiger partial charge on any atom is -0.319 e. The molecule has 6 heteroatoms. The van der Waals surface area contributed by atoms with Crippen LogP contribution in [0.1, 0.15) is 18.4 Å². The summed E-state index contributed by atoms with van der Waals surface area (Å²) in [4.78, 5) is 14.2. The van der Waals surface area contributed by atoms with Gasteiger partial charge in [-0.1, -0.05) is 6.07 Å². The number of nitrogens with zero attached hydrogens (tertiary/aromatic N) is 3. The molecule has 1 fully saturated rings. The lowest BCUT2D eigenvalue weighted by molar-refractivity contribution is 0.193. The third-order valence-electron chi connectivity index (χ3n) is 3.66. The minimum atomic E-state index is -0.816. The molecular formula is C15H17N5O. The Hall–Kier alpha value is -2.57. The number of nitrogens with one attached hydrogen (secondary N) is 2. The highest BCUT2D eigenvalue weighted by atomic mass is 16.2. The molecule has 0 unspecified atom stereocenters. The van der Waals surface area contributed by atoms with Crippen molar-refractivity contribution in [1.82, 2.24) is 10.2 Å². The zero-order valence-corrected chi connectivity index (χ0v) is 11.9. The standard InChI is InChI=1S/C15H17N5O/c1-20-7-5-15(11-17,6-8-20)19-14(21)18-13-4-2-3-12(9-13)10-16/h2-4,9H,5-8H2,1H3,(H2,18,19,21). The van der Waals surface area contributed by atoms with Crippen molar-refractivity contribution in [1.29, 1.82) is 10.5 Å². The highest BCUT2D eigenvalue weighted by molar-refractivity contribution is 5.90. The molecule has 0 aromatic heterocycles. The van der Waals surface area contributed by atoms with E-state index in [1.54, 1.807) is 24.3 Å². The average molecular weight is 283 g/mol. The van der Waals surface area contributed by atoms with Gasteiger partial charge in [-0.2, -0.15) is 10.5 Å². The van der Waals surface area contributed by atoms with Gasteiger partial charge in [-0.25, -0.2) is 4.79 Å². The first-order valence-electron chi connectivity index (χ1n) is 6.76. The van der Waals surface area contributed by atoms with Gasteiger partial charge in [-0.15, -0.1) is 0 Å². The third-order valence-corrected chi connectivity index (χ3v) is 3.66. The van der Waals surface area contributed by atoms with E-state index in [1.807, 2.05) is 13.1 Å². The molecule has 0 aliphatic carbocycles. The molecule has 0 radical (unpaired) electrons. The highest BCUT2D eigenvalue weighted by Gasteiger charge is 2.35. The molecule has 1 aliphatic rings. The van der Waals surface area contributed by atoms with E-state index in [2.05, 4.69) is 21.6 Å². The Morgan fingerprint density at radius 1 is 1.33 bits per heavy atom. The quantitative estimate of drug-likeness (QED) is 0.863. The van der Waals surface area contributed by atoms with E-state index in [0.29, 0.717) is 24.1 Å². The number of likely N-dealkylation sites (tertiary alicyclic amines) is 1. The van der Waals surface area contributed by atoms with Crippen LogP contribution in [0.3, 0.4) is 0 Å². The first-order valence-corrected chi connectivity index (χ1v) is 6.76. The Morgan fingerprint density at radius 2 is 2.05 bits per heavy atom. The summed E-state index contributed by atoms with van der Waals surface area (Å²) < 4.78 is 0. The van der Waals surface area contributed by atoms with E-state index >= 15 is 0 Å². The van der Waals surface area contributed by atoms with Gasteiger partial charge >= 0.3 is 6.03 Å². The monoisotopic (exact) mass is 283 g/mol. The van der Waals surface area contributed by atoms with Crippen molar-refractivity contribution >= 4 is 11.7 Å². The predicted molar refractivity (Wildman–Crippen MR) is 78.4 cm³/mol. The Kier molecular flexibility index (Phi) is 4.42. The van der Waals surface area contributed by atoms with E-state index < -0.39 is 11.6 Å². The van der Waals surface area contributed by atoms with Gasteiger partial charge in [0.1, 0.15) is 5.54 Å². The summed E-state index contributed by atoms with van der Waals surface area (Å²) in [6.45, 7) is 1.55. The Balaban J connectivity index is 2.00. The Morgan fingerprint density at radius 3 is 2.67 bits per heavy atom. The number of hydrogen-bond acceptors (Lipinski definition) is 4. The molecule has 0 bridgehead atoms. The van der Waals surface area contributed by atoms with Crippen molar-refractivity contribution in [3.8, 4) is 12.1 Å². The number of rotatable bonds is 2. The second-order valence-corrected chi connectivity index (χ2v) is 5.27. The molecule has 6 nitrogen and oxygen atoms in total. The van der Waals surface area contributed by atoms with Crippen LogP contribution in [0.4, 0.5) is 10.5 Å². The molecular weight excluding hydrogens is 266 g/mol. The minimum absolute atomic E-state index is 0.420. The molecule has 2 amide bonds. The molecule has 108 valence electrons. The molecule has 1 aromatic rings. The van der Waals surface area contributed by atoms with Gasteiger partial charge in [0, 0.05) is 18.8 Å². The number of urea groups is 1. The van der Waals surface area contributed by atoms with Gasteiger partial charge < -0.3 is 15.5 Å². The fraction of sp³-hybridized carbons (Fsp3) is 0.400. The third kappa shape index (κ3) is 3.71. The SMILES string of the molecule is CN1CCC(C#N)(NC(=O)Nc2cccc(C#N)c2)CC1. The van der Waals surface area contributed by atoms with Crippen molar-refractivity contribution in [2.24, 2.45) is 0 Å². The van der Waals surface area contributed by atoms with E-state index in [0.717, 1.165) is 13.1 Å². The van der Waals surface area contributed by atoms with E-state index in [1.165, 1.54) is 0 Å². The molecule has 0 spiro atoms. The largest absolute Gasteiger partial charge is 0.320 e. The van der Waals surface area contributed by atoms with Crippen LogP contribution < -0.4 is 10.6 Å². The lowest BCUT2D eigenvalue weighted by atomic mass is 9.89.